The zero-order valence-corrected chi connectivity index (χ0v) is 25.9. The third-order valence-corrected chi connectivity index (χ3v) is 8.91. The molecule has 8 bridgehead atoms. The van der Waals surface area contributed by atoms with E-state index in [9.17, 15) is 0 Å². The van der Waals surface area contributed by atoms with E-state index in [0.717, 1.165) is 80.5 Å². The summed E-state index contributed by atoms with van der Waals surface area (Å²) in [5.41, 5.74) is 11.3. The fourth-order valence-electron chi connectivity index (χ4n) is 6.49. The van der Waals surface area contributed by atoms with Gasteiger partial charge in [0.1, 0.15) is 0 Å². The van der Waals surface area contributed by atoms with Crippen molar-refractivity contribution in [2.45, 2.75) is 0 Å². The molecule has 0 aliphatic carbocycles. The molecule has 0 atom stereocenters. The van der Waals surface area contributed by atoms with Crippen LogP contribution in [0, 0.1) is 0 Å². The van der Waals surface area contributed by atoms with Crippen LogP contribution in [0.2, 0.25) is 0 Å². The zero-order valence-electron chi connectivity index (χ0n) is 25.9. The van der Waals surface area contributed by atoms with Gasteiger partial charge in [-0.25, -0.2) is 0 Å². The van der Waals surface area contributed by atoms with Gasteiger partial charge in [0, 0.05) is 102 Å². The molecule has 0 radical (unpaired) electrons. The number of nitrogens with one attached hydrogen (secondary N) is 4. The van der Waals surface area contributed by atoms with Gasteiger partial charge in [-0.15, -0.1) is 0 Å². The number of H-pyrrole nitrogens is 4. The number of aromatic amines is 4. The molecule has 0 amide bonds. The van der Waals surface area contributed by atoms with Gasteiger partial charge in [0.2, 0.25) is 0 Å². The van der Waals surface area contributed by atoms with Gasteiger partial charge in [-0.1, -0.05) is 18.2 Å². The van der Waals surface area contributed by atoms with Crippen molar-refractivity contribution in [2.24, 2.45) is 0 Å². The molecule has 0 spiro atoms. The molecule has 7 nitrogen and oxygen atoms in total. The Kier molecular flexibility index (Phi) is 6.52. The first-order valence-corrected chi connectivity index (χ1v) is 15.5. The van der Waals surface area contributed by atoms with E-state index >= 15 is 0 Å². The van der Waals surface area contributed by atoms with Crippen LogP contribution in [0.1, 0.15) is 22.8 Å². The van der Waals surface area contributed by atoms with Crippen LogP contribution in [-0.2, 0) is 0 Å². The van der Waals surface area contributed by atoms with Crippen LogP contribution in [0.3, 0.4) is 0 Å². The van der Waals surface area contributed by atoms with Gasteiger partial charge in [-0.2, -0.15) is 0 Å². The lowest BCUT2D eigenvalue weighted by Gasteiger charge is -2.19. The van der Waals surface area contributed by atoms with E-state index in [-0.39, 0.29) is 0 Å². The van der Waals surface area contributed by atoms with Gasteiger partial charge in [-0.05, 0) is 108 Å². The predicted octanol–water partition coefficient (Wildman–Crippen LogP) is 2.89. The second-order valence-corrected chi connectivity index (χ2v) is 12.2. The molecule has 4 aromatic heterocycles. The number of likely N-dealkylation sites (N-methyl/N-ethyl adjacent to an activating group) is 3. The second kappa shape index (κ2) is 10.9. The Morgan fingerprint density at radius 3 is 1.40 bits per heavy atom. The molecule has 4 aromatic rings. The molecule has 8 heterocycles. The van der Waals surface area contributed by atoms with Gasteiger partial charge in [-0.3, -0.25) is 0 Å². The van der Waals surface area contributed by atoms with Crippen LogP contribution in [0.25, 0.3) is 22.8 Å². The molecular formula is C38H37N7. The summed E-state index contributed by atoms with van der Waals surface area (Å²) in [6.45, 7) is 2.58. The van der Waals surface area contributed by atoms with E-state index in [0.29, 0.717) is 0 Å². The monoisotopic (exact) mass is 591 g/mol. The molecule has 45 heavy (non-hydrogen) atoms. The van der Waals surface area contributed by atoms with Crippen LogP contribution in [-0.4, -0.2) is 75.4 Å². The average molecular weight is 592 g/mol. The zero-order chi connectivity index (χ0) is 30.5. The van der Waals surface area contributed by atoms with Crippen LogP contribution in [0.5, 0.6) is 0 Å². The summed E-state index contributed by atoms with van der Waals surface area (Å²) in [7, 11) is 6.31. The van der Waals surface area contributed by atoms with Crippen LogP contribution >= 0.6 is 0 Å². The number of fused-ring (bicyclic) bond motifs is 8. The SMILES string of the molecule is CN1C=CC(C2=c3ccc([nH]3)=Cc3ccc([nH]3)C(C3=CCN(C)C=C3)=c3ccc([nH]3)=C(C3=CCN(C)C=C3)c3ccc2[nH]3)=CC1. The number of rotatable bonds is 3. The Labute approximate surface area is 262 Å². The third kappa shape index (κ3) is 5.06. The summed E-state index contributed by atoms with van der Waals surface area (Å²) in [6, 6.07) is 17.6. The van der Waals surface area contributed by atoms with E-state index < -0.39 is 0 Å². The van der Waals surface area contributed by atoms with E-state index in [1.54, 1.807) is 0 Å². The van der Waals surface area contributed by atoms with Gasteiger partial charge < -0.3 is 34.6 Å². The largest absolute Gasteiger partial charge is 0.377 e. The van der Waals surface area contributed by atoms with Gasteiger partial charge in [0.05, 0.1) is 0 Å². The molecule has 224 valence electrons. The molecular weight excluding hydrogens is 554 g/mol. The van der Waals surface area contributed by atoms with E-state index in [2.05, 4.69) is 165 Å². The van der Waals surface area contributed by atoms with E-state index in [1.807, 2.05) is 0 Å². The molecule has 4 aliphatic heterocycles. The minimum atomic E-state index is 0.856. The molecule has 8 rings (SSSR count). The van der Waals surface area contributed by atoms with Crippen LogP contribution in [0.15, 0.2) is 120 Å². The van der Waals surface area contributed by atoms with Crippen molar-refractivity contribution in [1.82, 2.24) is 34.6 Å². The molecule has 0 saturated carbocycles. The predicted molar refractivity (Wildman–Crippen MR) is 182 cm³/mol. The van der Waals surface area contributed by atoms with Crippen molar-refractivity contribution in [3.63, 3.8) is 0 Å². The first-order valence-electron chi connectivity index (χ1n) is 15.5. The molecule has 0 aromatic carbocycles. The summed E-state index contributed by atoms with van der Waals surface area (Å²) < 4.78 is 0. The maximum Gasteiger partial charge on any atom is 0.0485 e. The van der Waals surface area contributed by atoms with E-state index in [4.69, 9.17) is 0 Å². The van der Waals surface area contributed by atoms with Crippen LogP contribution < -0.4 is 21.4 Å². The van der Waals surface area contributed by atoms with Crippen molar-refractivity contribution in [1.29, 1.82) is 0 Å². The number of aromatic nitrogens is 4. The summed E-state index contributed by atoms with van der Waals surface area (Å²) in [5, 5.41) is 4.26. The Balaban J connectivity index is 1.44. The number of nitrogens with zero attached hydrogens (tertiary/aromatic N) is 3. The summed E-state index contributed by atoms with van der Waals surface area (Å²) >= 11 is 0. The summed E-state index contributed by atoms with van der Waals surface area (Å²) in [5.74, 6) is 0. The quantitative estimate of drug-likeness (QED) is 0.296. The maximum absolute atomic E-state index is 3.85. The molecule has 4 aliphatic rings. The normalized spacial score (nSPS) is 17.9. The van der Waals surface area contributed by atoms with Crippen molar-refractivity contribution in [3.05, 3.63) is 164 Å². The molecule has 0 unspecified atom stereocenters. The highest BCUT2D eigenvalue weighted by molar-refractivity contribution is 5.85. The lowest BCUT2D eigenvalue weighted by molar-refractivity contribution is 0.503. The minimum absolute atomic E-state index is 0.856. The topological polar surface area (TPSA) is 72.9 Å². The lowest BCUT2D eigenvalue weighted by atomic mass is 10.0. The molecule has 0 fully saturated rings. The number of hydrogen-bond acceptors (Lipinski definition) is 3. The Bertz CT molecular complexity index is 2250. The smallest absolute Gasteiger partial charge is 0.0485 e. The Morgan fingerprint density at radius 1 is 0.467 bits per heavy atom. The first-order chi connectivity index (χ1) is 22.0. The van der Waals surface area contributed by atoms with Crippen molar-refractivity contribution >= 4 is 22.8 Å². The minimum Gasteiger partial charge on any atom is -0.377 e. The maximum atomic E-state index is 3.85. The molecule has 0 saturated heterocycles. The standard InChI is InChI=1S/C38H37N7/c1-43-18-12-25(13-19-43)36-30-6-4-28(39-30)24-29-5-7-31(40-29)37(26-14-20-44(2)21-15-26)33-9-11-35(42-33)38(34-10-8-32(36)41-34)27-16-22-45(3)23-17-27/h4-18,20,22,24,39-42H,19,21,23H2,1-3H3. The summed E-state index contributed by atoms with van der Waals surface area (Å²) in [4.78, 5) is 21.7. The lowest BCUT2D eigenvalue weighted by Crippen LogP contribution is -2.21. The molecule has 4 N–H and O–H groups in total. The van der Waals surface area contributed by atoms with Crippen molar-refractivity contribution in [3.8, 4) is 0 Å². The number of hydrogen-bond donors (Lipinski definition) is 4. The third-order valence-electron chi connectivity index (χ3n) is 8.91. The second-order valence-electron chi connectivity index (χ2n) is 12.2. The highest BCUT2D eigenvalue weighted by Crippen LogP contribution is 2.28. The highest BCUT2D eigenvalue weighted by Gasteiger charge is 2.19. The summed E-state index contributed by atoms with van der Waals surface area (Å²) in [6.07, 6.45) is 22.1. The first kappa shape index (κ1) is 27.0. The Morgan fingerprint density at radius 2 is 0.911 bits per heavy atom. The molecule has 7 heteroatoms. The van der Waals surface area contributed by atoms with Gasteiger partial charge in [0.25, 0.3) is 0 Å². The van der Waals surface area contributed by atoms with Crippen LogP contribution in [0.4, 0.5) is 0 Å². The fourth-order valence-corrected chi connectivity index (χ4v) is 6.49. The van der Waals surface area contributed by atoms with Gasteiger partial charge >= 0.3 is 0 Å². The number of allylic oxidation sites excluding steroid dienone is 6. The van der Waals surface area contributed by atoms with Crippen molar-refractivity contribution in [2.75, 3.05) is 40.8 Å². The average Bonchev–Trinajstić information content (AvgIpc) is 3.87. The highest BCUT2D eigenvalue weighted by atomic mass is 15.1. The van der Waals surface area contributed by atoms with E-state index in [1.165, 1.54) is 16.7 Å². The Hall–Kier alpha value is -5.56. The van der Waals surface area contributed by atoms with Gasteiger partial charge in [0.15, 0.2) is 0 Å². The van der Waals surface area contributed by atoms with Crippen molar-refractivity contribution < 1.29 is 0 Å². The fraction of sp³-hybridized carbons (Fsp3) is 0.158.